The molecule has 4 rings (SSSR count). The number of hydrogen-bond acceptors (Lipinski definition) is 5. The number of benzene rings is 3. The van der Waals surface area contributed by atoms with Crippen LogP contribution in [-0.2, 0) is 0 Å². The molecule has 0 saturated carbocycles. The number of furan rings is 1. The third kappa shape index (κ3) is 4.36. The SMILES string of the molecule is COc1ccc(C(=O)CNc2c(C(=O)c3ccc(Br)cc3)oc3ccccc23)cc1Cl. The van der Waals surface area contributed by atoms with Crippen molar-refractivity contribution in [3.8, 4) is 5.75 Å². The monoisotopic (exact) mass is 497 g/mol. The van der Waals surface area contributed by atoms with Crippen LogP contribution in [0, 0.1) is 0 Å². The average molecular weight is 499 g/mol. The van der Waals surface area contributed by atoms with E-state index < -0.39 is 0 Å². The number of carbonyl (C=O) groups is 2. The topological polar surface area (TPSA) is 68.5 Å². The molecule has 0 amide bonds. The van der Waals surface area contributed by atoms with E-state index in [1.165, 1.54) is 7.11 Å². The van der Waals surface area contributed by atoms with E-state index in [2.05, 4.69) is 21.2 Å². The van der Waals surface area contributed by atoms with Crippen LogP contribution >= 0.6 is 27.5 Å². The van der Waals surface area contributed by atoms with Crippen molar-refractivity contribution >= 4 is 55.8 Å². The summed E-state index contributed by atoms with van der Waals surface area (Å²) >= 11 is 9.51. The van der Waals surface area contributed by atoms with Crippen LogP contribution in [0.3, 0.4) is 0 Å². The Morgan fingerprint density at radius 1 is 1.03 bits per heavy atom. The second kappa shape index (κ2) is 8.96. The number of carbonyl (C=O) groups excluding carboxylic acids is 2. The third-order valence-electron chi connectivity index (χ3n) is 4.81. The van der Waals surface area contributed by atoms with Crippen LogP contribution in [0.5, 0.6) is 5.75 Å². The summed E-state index contributed by atoms with van der Waals surface area (Å²) in [5.74, 6) is 0.196. The summed E-state index contributed by atoms with van der Waals surface area (Å²) in [6, 6.07) is 19.2. The van der Waals surface area contributed by atoms with Crippen LogP contribution in [-0.4, -0.2) is 25.2 Å². The van der Waals surface area contributed by atoms with Crippen LogP contribution in [0.2, 0.25) is 5.02 Å². The highest BCUT2D eigenvalue weighted by atomic mass is 79.9. The van der Waals surface area contributed by atoms with Gasteiger partial charge in [0.15, 0.2) is 11.5 Å². The molecular formula is C24H17BrClNO4. The number of methoxy groups -OCH3 is 1. The minimum Gasteiger partial charge on any atom is -0.495 e. The summed E-state index contributed by atoms with van der Waals surface area (Å²) < 4.78 is 11.9. The molecule has 0 unspecified atom stereocenters. The maximum absolute atomic E-state index is 13.1. The molecule has 0 aliphatic rings. The first kappa shape index (κ1) is 21.2. The van der Waals surface area contributed by atoms with Gasteiger partial charge in [-0.15, -0.1) is 0 Å². The normalized spacial score (nSPS) is 10.8. The van der Waals surface area contributed by atoms with Gasteiger partial charge in [-0.3, -0.25) is 9.59 Å². The number of ketones is 2. The number of para-hydroxylation sites is 1. The van der Waals surface area contributed by atoms with Crippen molar-refractivity contribution in [2.75, 3.05) is 19.0 Å². The summed E-state index contributed by atoms with van der Waals surface area (Å²) in [7, 11) is 1.51. The van der Waals surface area contributed by atoms with Crippen molar-refractivity contribution in [3.63, 3.8) is 0 Å². The molecule has 0 bridgehead atoms. The van der Waals surface area contributed by atoms with Gasteiger partial charge in [0.25, 0.3) is 0 Å². The summed E-state index contributed by atoms with van der Waals surface area (Å²) in [6.07, 6.45) is 0. The number of ether oxygens (including phenoxy) is 1. The zero-order chi connectivity index (χ0) is 22.0. The van der Waals surface area contributed by atoms with E-state index >= 15 is 0 Å². The first-order valence-electron chi connectivity index (χ1n) is 9.40. The van der Waals surface area contributed by atoms with E-state index in [9.17, 15) is 9.59 Å². The second-order valence-corrected chi connectivity index (χ2v) is 8.09. The van der Waals surface area contributed by atoms with Gasteiger partial charge < -0.3 is 14.5 Å². The molecule has 0 aliphatic heterocycles. The van der Waals surface area contributed by atoms with Gasteiger partial charge in [-0.1, -0.05) is 39.7 Å². The van der Waals surface area contributed by atoms with Gasteiger partial charge in [-0.25, -0.2) is 0 Å². The lowest BCUT2D eigenvalue weighted by Crippen LogP contribution is -2.15. The molecule has 4 aromatic rings. The van der Waals surface area contributed by atoms with Crippen molar-refractivity contribution in [2.24, 2.45) is 0 Å². The molecule has 0 radical (unpaired) electrons. The van der Waals surface area contributed by atoms with Crippen LogP contribution in [0.4, 0.5) is 5.69 Å². The van der Waals surface area contributed by atoms with Crippen molar-refractivity contribution in [1.29, 1.82) is 0 Å². The number of rotatable bonds is 7. The molecule has 0 atom stereocenters. The lowest BCUT2D eigenvalue weighted by Gasteiger charge is -2.08. The molecule has 1 aromatic heterocycles. The average Bonchev–Trinajstić information content (AvgIpc) is 3.16. The third-order valence-corrected chi connectivity index (χ3v) is 5.63. The zero-order valence-electron chi connectivity index (χ0n) is 16.4. The van der Waals surface area contributed by atoms with Crippen molar-refractivity contribution < 1.29 is 18.7 Å². The van der Waals surface area contributed by atoms with Gasteiger partial charge in [0.2, 0.25) is 5.78 Å². The van der Waals surface area contributed by atoms with Crippen LogP contribution in [0.25, 0.3) is 11.0 Å². The number of anilines is 1. The first-order chi connectivity index (χ1) is 15.0. The highest BCUT2D eigenvalue weighted by molar-refractivity contribution is 9.10. The van der Waals surface area contributed by atoms with Gasteiger partial charge in [0.05, 0.1) is 24.4 Å². The van der Waals surface area contributed by atoms with Crippen LogP contribution in [0.15, 0.2) is 75.6 Å². The lowest BCUT2D eigenvalue weighted by atomic mass is 10.1. The van der Waals surface area contributed by atoms with E-state index in [4.69, 9.17) is 20.8 Å². The van der Waals surface area contributed by atoms with Crippen LogP contribution in [0.1, 0.15) is 26.5 Å². The summed E-state index contributed by atoms with van der Waals surface area (Å²) in [6.45, 7) is -0.0349. The first-order valence-corrected chi connectivity index (χ1v) is 10.6. The maximum Gasteiger partial charge on any atom is 0.230 e. The van der Waals surface area contributed by atoms with E-state index in [1.54, 1.807) is 48.5 Å². The smallest absolute Gasteiger partial charge is 0.230 e. The number of Topliss-reactive ketones (excluding diaryl/α,β-unsaturated/α-hetero) is 1. The highest BCUT2D eigenvalue weighted by Gasteiger charge is 2.22. The fraction of sp³-hybridized carbons (Fsp3) is 0.0833. The van der Waals surface area contributed by atoms with Gasteiger partial charge in [0.1, 0.15) is 11.3 Å². The molecule has 0 fully saturated rings. The molecule has 5 nitrogen and oxygen atoms in total. The molecule has 1 heterocycles. The number of fused-ring (bicyclic) bond motifs is 1. The van der Waals surface area contributed by atoms with E-state index in [1.807, 2.05) is 18.2 Å². The molecule has 7 heteroatoms. The predicted molar refractivity (Wildman–Crippen MR) is 125 cm³/mol. The minimum atomic E-state index is -0.272. The Bertz CT molecular complexity index is 1280. The molecular weight excluding hydrogens is 482 g/mol. The standard InChI is InChI=1S/C24H17BrClNO4/c1-30-21-11-8-15(12-18(21)26)19(28)13-27-22-17-4-2-3-5-20(17)31-24(22)23(29)14-6-9-16(25)10-7-14/h2-12,27H,13H2,1H3. The zero-order valence-corrected chi connectivity index (χ0v) is 18.8. The predicted octanol–water partition coefficient (Wildman–Crippen LogP) is 6.38. The van der Waals surface area contributed by atoms with Gasteiger partial charge in [0, 0.05) is 21.0 Å². The fourth-order valence-corrected chi connectivity index (χ4v) is 3.75. The highest BCUT2D eigenvalue weighted by Crippen LogP contribution is 2.33. The molecule has 3 aromatic carbocycles. The molecule has 0 aliphatic carbocycles. The maximum atomic E-state index is 13.1. The van der Waals surface area contributed by atoms with Crippen LogP contribution < -0.4 is 10.1 Å². The Kier molecular flexibility index (Phi) is 6.11. The molecule has 1 N–H and O–H groups in total. The molecule has 156 valence electrons. The van der Waals surface area contributed by atoms with E-state index in [0.717, 1.165) is 9.86 Å². The fourth-order valence-electron chi connectivity index (χ4n) is 3.22. The lowest BCUT2D eigenvalue weighted by molar-refractivity contribution is 0.0997. The molecule has 0 saturated heterocycles. The van der Waals surface area contributed by atoms with Crippen molar-refractivity contribution in [3.05, 3.63) is 93.1 Å². The Morgan fingerprint density at radius 2 is 1.74 bits per heavy atom. The second-order valence-electron chi connectivity index (χ2n) is 6.76. The molecule has 31 heavy (non-hydrogen) atoms. The van der Waals surface area contributed by atoms with Gasteiger partial charge in [-0.2, -0.15) is 0 Å². The summed E-state index contributed by atoms with van der Waals surface area (Å²) in [5.41, 5.74) is 1.97. The number of hydrogen-bond donors (Lipinski definition) is 1. The quantitative estimate of drug-likeness (QED) is 0.299. The Balaban J connectivity index is 1.64. The van der Waals surface area contributed by atoms with E-state index in [-0.39, 0.29) is 23.9 Å². The Morgan fingerprint density at radius 3 is 2.45 bits per heavy atom. The van der Waals surface area contributed by atoms with Gasteiger partial charge in [-0.05, 0) is 54.6 Å². The largest absolute Gasteiger partial charge is 0.495 e. The number of halogens is 2. The van der Waals surface area contributed by atoms with Crippen molar-refractivity contribution in [1.82, 2.24) is 0 Å². The summed E-state index contributed by atoms with van der Waals surface area (Å²) in [4.78, 5) is 25.8. The Hall–Kier alpha value is -3.09. The van der Waals surface area contributed by atoms with Gasteiger partial charge >= 0.3 is 0 Å². The molecule has 0 spiro atoms. The van der Waals surface area contributed by atoms with E-state index in [0.29, 0.717) is 33.2 Å². The Labute approximate surface area is 192 Å². The van der Waals surface area contributed by atoms with Crippen molar-refractivity contribution in [2.45, 2.75) is 0 Å². The minimum absolute atomic E-state index is 0.0349. The summed E-state index contributed by atoms with van der Waals surface area (Å²) in [5, 5.41) is 4.18. The number of nitrogens with one attached hydrogen (secondary N) is 1.